The number of anilines is 1. The molecule has 4 nitrogen and oxygen atoms in total. The van der Waals surface area contributed by atoms with Crippen LogP contribution >= 0.6 is 15.9 Å². The van der Waals surface area contributed by atoms with Gasteiger partial charge >= 0.3 is 0 Å². The Morgan fingerprint density at radius 1 is 1.10 bits per heavy atom. The smallest absolute Gasteiger partial charge is 0.271 e. The molecule has 2 aromatic carbocycles. The summed E-state index contributed by atoms with van der Waals surface area (Å²) in [6.45, 7) is 0. The maximum absolute atomic E-state index is 11.8. The Hall–Kier alpha value is -2.14. The van der Waals surface area contributed by atoms with Crippen molar-refractivity contribution in [3.05, 3.63) is 64.1 Å². The van der Waals surface area contributed by atoms with E-state index in [0.717, 1.165) is 15.7 Å². The molecule has 108 valence electrons. The zero-order valence-corrected chi connectivity index (χ0v) is 13.5. The Morgan fingerprint density at radius 3 is 2.29 bits per heavy atom. The van der Waals surface area contributed by atoms with E-state index in [1.807, 2.05) is 55.4 Å². The maximum Gasteiger partial charge on any atom is 0.271 e. The average Bonchev–Trinajstić information content (AvgIpc) is 2.48. The van der Waals surface area contributed by atoms with Crippen LogP contribution in [0.1, 0.15) is 15.9 Å². The van der Waals surface area contributed by atoms with Gasteiger partial charge in [0.2, 0.25) is 0 Å². The molecule has 1 amide bonds. The van der Waals surface area contributed by atoms with E-state index < -0.39 is 0 Å². The average molecular weight is 346 g/mol. The van der Waals surface area contributed by atoms with Crippen LogP contribution in [0.25, 0.3) is 0 Å². The third-order valence-electron chi connectivity index (χ3n) is 2.90. The molecule has 0 aliphatic carbocycles. The zero-order valence-electron chi connectivity index (χ0n) is 11.9. The molecule has 0 saturated heterocycles. The lowest BCUT2D eigenvalue weighted by atomic mass is 10.2. The number of carbonyl (C=O) groups excluding carboxylic acids is 1. The van der Waals surface area contributed by atoms with Crippen molar-refractivity contribution < 1.29 is 4.79 Å². The lowest BCUT2D eigenvalue weighted by Gasteiger charge is -2.11. The molecule has 0 saturated carbocycles. The highest BCUT2D eigenvalue weighted by atomic mass is 79.9. The van der Waals surface area contributed by atoms with Gasteiger partial charge in [0.05, 0.1) is 6.21 Å². The van der Waals surface area contributed by atoms with Crippen LogP contribution in [0.3, 0.4) is 0 Å². The second-order valence-corrected chi connectivity index (χ2v) is 5.61. The van der Waals surface area contributed by atoms with Crippen LogP contribution in [-0.4, -0.2) is 26.2 Å². The van der Waals surface area contributed by atoms with E-state index in [1.54, 1.807) is 18.3 Å². The summed E-state index contributed by atoms with van der Waals surface area (Å²) >= 11 is 3.33. The molecule has 0 atom stereocenters. The van der Waals surface area contributed by atoms with Gasteiger partial charge in [0, 0.05) is 29.8 Å². The SMILES string of the molecule is CN(C)c1ccc(C=NNC(=O)c2ccc(Br)cc2)cc1. The lowest BCUT2D eigenvalue weighted by molar-refractivity contribution is 0.0955. The summed E-state index contributed by atoms with van der Waals surface area (Å²) in [5.74, 6) is -0.233. The largest absolute Gasteiger partial charge is 0.378 e. The number of benzene rings is 2. The highest BCUT2D eigenvalue weighted by molar-refractivity contribution is 9.10. The summed E-state index contributed by atoms with van der Waals surface area (Å²) in [6.07, 6.45) is 1.62. The molecule has 0 aromatic heterocycles. The molecule has 0 spiro atoms. The first kappa shape index (κ1) is 15.3. The third kappa shape index (κ3) is 4.43. The molecular weight excluding hydrogens is 330 g/mol. The van der Waals surface area contributed by atoms with Crippen LogP contribution in [0.15, 0.2) is 58.1 Å². The minimum atomic E-state index is -0.233. The second kappa shape index (κ2) is 7.04. The fourth-order valence-corrected chi connectivity index (χ4v) is 1.95. The first-order valence-electron chi connectivity index (χ1n) is 6.42. The Kier molecular flexibility index (Phi) is 5.11. The van der Waals surface area contributed by atoms with Gasteiger partial charge < -0.3 is 4.90 Å². The monoisotopic (exact) mass is 345 g/mol. The standard InChI is InChI=1S/C16H16BrN3O/c1-20(2)15-9-3-12(4-10-15)11-18-19-16(21)13-5-7-14(17)8-6-13/h3-11H,1-2H3,(H,19,21). The number of carbonyl (C=O) groups is 1. The predicted molar refractivity (Wildman–Crippen MR) is 90.0 cm³/mol. The van der Waals surface area contributed by atoms with Crippen LogP contribution in [0.5, 0.6) is 0 Å². The first-order chi connectivity index (χ1) is 10.1. The molecule has 0 aliphatic rings. The van der Waals surface area contributed by atoms with E-state index in [9.17, 15) is 4.79 Å². The van der Waals surface area contributed by atoms with E-state index >= 15 is 0 Å². The minimum absolute atomic E-state index is 0.233. The van der Waals surface area contributed by atoms with Crippen molar-refractivity contribution in [1.29, 1.82) is 0 Å². The van der Waals surface area contributed by atoms with Crippen LogP contribution in [0, 0.1) is 0 Å². The molecule has 21 heavy (non-hydrogen) atoms. The van der Waals surface area contributed by atoms with E-state index in [4.69, 9.17) is 0 Å². The van der Waals surface area contributed by atoms with Crippen molar-refractivity contribution in [1.82, 2.24) is 5.43 Å². The number of rotatable bonds is 4. The van der Waals surface area contributed by atoms with Gasteiger partial charge in [-0.3, -0.25) is 4.79 Å². The molecule has 0 bridgehead atoms. The van der Waals surface area contributed by atoms with Gasteiger partial charge in [-0.15, -0.1) is 0 Å². The van der Waals surface area contributed by atoms with Gasteiger partial charge in [0.1, 0.15) is 0 Å². The molecule has 0 unspecified atom stereocenters. The molecule has 2 aromatic rings. The lowest BCUT2D eigenvalue weighted by Crippen LogP contribution is -2.17. The van der Waals surface area contributed by atoms with Crippen molar-refractivity contribution in [3.63, 3.8) is 0 Å². The summed E-state index contributed by atoms with van der Waals surface area (Å²) < 4.78 is 0.934. The number of halogens is 1. The normalized spacial score (nSPS) is 10.6. The number of amides is 1. The molecule has 5 heteroatoms. The number of nitrogens with one attached hydrogen (secondary N) is 1. The number of hydrazone groups is 1. The first-order valence-corrected chi connectivity index (χ1v) is 7.22. The van der Waals surface area contributed by atoms with Gasteiger partial charge in [-0.2, -0.15) is 5.10 Å². The number of hydrogen-bond donors (Lipinski definition) is 1. The Balaban J connectivity index is 1.95. The fraction of sp³-hybridized carbons (Fsp3) is 0.125. The van der Waals surface area contributed by atoms with Crippen LogP contribution in [0.2, 0.25) is 0 Å². The van der Waals surface area contributed by atoms with Gasteiger partial charge in [0.25, 0.3) is 5.91 Å². The summed E-state index contributed by atoms with van der Waals surface area (Å²) in [4.78, 5) is 13.9. The highest BCUT2D eigenvalue weighted by Gasteiger charge is 2.02. The van der Waals surface area contributed by atoms with Crippen molar-refractivity contribution >= 4 is 33.7 Å². The Labute approximate surface area is 132 Å². The van der Waals surface area contributed by atoms with Crippen LogP contribution in [0.4, 0.5) is 5.69 Å². The summed E-state index contributed by atoms with van der Waals surface area (Å²) in [5.41, 5.74) is 5.12. The maximum atomic E-state index is 11.8. The Morgan fingerprint density at radius 2 is 1.71 bits per heavy atom. The van der Waals surface area contributed by atoms with Gasteiger partial charge in [0.15, 0.2) is 0 Å². The highest BCUT2D eigenvalue weighted by Crippen LogP contribution is 2.11. The zero-order chi connectivity index (χ0) is 15.2. The van der Waals surface area contributed by atoms with E-state index in [-0.39, 0.29) is 5.91 Å². The number of hydrogen-bond acceptors (Lipinski definition) is 3. The second-order valence-electron chi connectivity index (χ2n) is 4.69. The summed E-state index contributed by atoms with van der Waals surface area (Å²) in [5, 5.41) is 3.96. The van der Waals surface area contributed by atoms with Crippen molar-refractivity contribution in [2.75, 3.05) is 19.0 Å². The van der Waals surface area contributed by atoms with E-state index in [2.05, 4.69) is 26.5 Å². The third-order valence-corrected chi connectivity index (χ3v) is 3.42. The quantitative estimate of drug-likeness (QED) is 0.682. The molecular formula is C16H16BrN3O. The summed E-state index contributed by atoms with van der Waals surface area (Å²) in [6, 6.07) is 15.0. The predicted octanol–water partition coefficient (Wildman–Crippen LogP) is 3.28. The minimum Gasteiger partial charge on any atom is -0.378 e. The van der Waals surface area contributed by atoms with E-state index in [0.29, 0.717) is 5.56 Å². The van der Waals surface area contributed by atoms with Gasteiger partial charge in [-0.05, 0) is 42.0 Å². The molecule has 0 fully saturated rings. The van der Waals surface area contributed by atoms with Gasteiger partial charge in [-0.25, -0.2) is 5.43 Å². The molecule has 0 heterocycles. The van der Waals surface area contributed by atoms with Crippen molar-refractivity contribution in [2.24, 2.45) is 5.10 Å². The van der Waals surface area contributed by atoms with E-state index in [1.165, 1.54) is 0 Å². The molecule has 0 radical (unpaired) electrons. The number of nitrogens with zero attached hydrogens (tertiary/aromatic N) is 2. The fourth-order valence-electron chi connectivity index (χ4n) is 1.69. The molecule has 2 rings (SSSR count). The molecule has 1 N–H and O–H groups in total. The van der Waals surface area contributed by atoms with Gasteiger partial charge in [-0.1, -0.05) is 28.1 Å². The van der Waals surface area contributed by atoms with Crippen molar-refractivity contribution in [3.8, 4) is 0 Å². The molecule has 0 aliphatic heterocycles. The Bertz CT molecular complexity index is 634. The topological polar surface area (TPSA) is 44.7 Å². The van der Waals surface area contributed by atoms with Crippen LogP contribution < -0.4 is 10.3 Å². The summed E-state index contributed by atoms with van der Waals surface area (Å²) in [7, 11) is 3.98. The van der Waals surface area contributed by atoms with Crippen molar-refractivity contribution in [2.45, 2.75) is 0 Å². The van der Waals surface area contributed by atoms with Crippen LogP contribution in [-0.2, 0) is 0 Å².